The summed E-state index contributed by atoms with van der Waals surface area (Å²) in [6.07, 6.45) is -16.7. The molecule has 16 atom stereocenters. The standard InChI is InChI=1S/C69H107N7O31/c1-10-50-41(3)56(76-98-40-77)59(100-45(7)80)63(103-50)93-36-33-91-30-27-72-53(84)20-24-69(75-55(86)22-26-74-68(89)97-38-48-16-13-12-14-17-48,23-19-49(83)18-15-29-90-32-35-94-64-61(101-46(8)81)57(106-66(70)87)42(4)51(11-2)104-64)25-21-54(85)73-28-31-92-34-37-95-65-62(102-47(9)82)60(107-67(71)88)58(99-44(6)79)52(105-65)39-96-43(5)78/h12-14,16-17,40-42,50-52,56-65,76H,10-11,15,18-39H2,1-9H3,(H2,70,87)(H2,71,88)(H,72,84)(H,73,85)(H,74,89)(H,75,86)/t41-,42-,50-,51-,52-,56+,57+,58-,59+,60+,61+,62+,63+,64+,65+,69?/m1/s1. The zero-order valence-electron chi connectivity index (χ0n) is 62.1. The van der Waals surface area contributed by atoms with Crippen molar-refractivity contribution in [2.45, 2.75) is 225 Å². The summed E-state index contributed by atoms with van der Waals surface area (Å²) >= 11 is 0. The van der Waals surface area contributed by atoms with Crippen molar-refractivity contribution in [2.75, 3.05) is 85.7 Å². The van der Waals surface area contributed by atoms with Gasteiger partial charge in [0.15, 0.2) is 55.5 Å². The number of hydrogen-bond donors (Lipinski definition) is 7. The van der Waals surface area contributed by atoms with Crippen LogP contribution in [0.15, 0.2) is 30.3 Å². The van der Waals surface area contributed by atoms with E-state index in [0.29, 0.717) is 12.8 Å². The Kier molecular flexibility index (Phi) is 42.0. The third kappa shape index (κ3) is 34.5. The summed E-state index contributed by atoms with van der Waals surface area (Å²) in [5.74, 6) is -6.29. The van der Waals surface area contributed by atoms with Crippen molar-refractivity contribution in [3.63, 3.8) is 0 Å². The van der Waals surface area contributed by atoms with E-state index >= 15 is 0 Å². The number of ketones is 1. The van der Waals surface area contributed by atoms with Crippen LogP contribution in [0.25, 0.3) is 0 Å². The van der Waals surface area contributed by atoms with Gasteiger partial charge < -0.3 is 118 Å². The normalized spacial score (nSPS) is 24.4. The number of carbonyl (C=O) groups is 13. The second-order valence-corrected chi connectivity index (χ2v) is 25.3. The SMILES string of the molecule is CC[C@H]1O[C@H](OCCOCCNC(=O)CCC(CCC(=O)CCCOCCO[C@H]2O[C@H](CC)[C@@H](C)[C@H](OC(N)=O)[C@@H]2OC(C)=O)(CCC(=O)NCCOCCO[C@H]2O[C@H](COC(C)=O)[C@@H](OC(C)=O)[C@H](OC(N)=O)[C@@H]2OC(C)=O)NC(=O)CCNC(=O)OCc2ccccc2)[C@@H](OC(C)=O)[C@@H](NOC=O)[C@@H]1C. The van der Waals surface area contributed by atoms with E-state index in [1.54, 1.807) is 37.3 Å². The number of rotatable bonds is 50. The molecular weight excluding hydrogens is 1420 g/mol. The Morgan fingerprint density at radius 3 is 1.47 bits per heavy atom. The number of primary amides is 2. The lowest BCUT2D eigenvalue weighted by atomic mass is 9.82. The van der Waals surface area contributed by atoms with Crippen LogP contribution in [0.2, 0.25) is 0 Å². The minimum absolute atomic E-state index is 0.00180. The van der Waals surface area contributed by atoms with Crippen LogP contribution < -0.4 is 38.2 Å². The molecule has 604 valence electrons. The van der Waals surface area contributed by atoms with Crippen molar-refractivity contribution in [3.8, 4) is 0 Å². The van der Waals surface area contributed by atoms with Crippen molar-refractivity contribution in [2.24, 2.45) is 23.3 Å². The van der Waals surface area contributed by atoms with Crippen LogP contribution in [-0.2, 0) is 140 Å². The first-order valence-corrected chi connectivity index (χ1v) is 35.5. The number of esters is 5. The minimum atomic E-state index is -1.59. The van der Waals surface area contributed by atoms with Crippen molar-refractivity contribution < 1.29 is 148 Å². The lowest BCUT2D eigenvalue weighted by molar-refractivity contribution is -0.306. The van der Waals surface area contributed by atoms with Gasteiger partial charge in [-0.05, 0) is 44.1 Å². The van der Waals surface area contributed by atoms with Crippen LogP contribution in [0.4, 0.5) is 14.4 Å². The van der Waals surface area contributed by atoms with E-state index in [1.807, 2.05) is 20.8 Å². The number of hydrogen-bond acceptors (Lipinski definition) is 32. The van der Waals surface area contributed by atoms with Gasteiger partial charge in [-0.1, -0.05) is 58.0 Å². The topological polar surface area (TPSA) is 500 Å². The largest absolute Gasteiger partial charge is 0.463 e. The molecule has 4 rings (SSSR count). The zero-order chi connectivity index (χ0) is 78.8. The summed E-state index contributed by atoms with van der Waals surface area (Å²) in [6.45, 7) is 11.9. The highest BCUT2D eigenvalue weighted by Gasteiger charge is 2.54. The molecule has 3 saturated heterocycles. The van der Waals surface area contributed by atoms with Gasteiger partial charge in [0, 0.05) is 110 Å². The molecule has 38 nitrogen and oxygen atoms in total. The number of ether oxygens (including phenoxy) is 17. The van der Waals surface area contributed by atoms with E-state index in [-0.39, 0.29) is 168 Å². The Morgan fingerprint density at radius 1 is 0.477 bits per heavy atom. The van der Waals surface area contributed by atoms with E-state index in [0.717, 1.165) is 26.3 Å². The molecule has 3 fully saturated rings. The molecule has 0 radical (unpaired) electrons. The van der Waals surface area contributed by atoms with Gasteiger partial charge in [-0.15, -0.1) is 5.48 Å². The van der Waals surface area contributed by atoms with Crippen LogP contribution in [0.3, 0.4) is 0 Å². The number of Topliss-reactive ketones (excluding diaryl/α,β-unsaturated/α-hetero) is 1. The Bertz CT molecular complexity index is 2970. The summed E-state index contributed by atoms with van der Waals surface area (Å²) in [5, 5.41) is 11.1. The van der Waals surface area contributed by atoms with Crippen molar-refractivity contribution >= 4 is 78.1 Å². The number of nitrogens with two attached hydrogens (primary N) is 2. The molecule has 6 amide bonds. The quantitative estimate of drug-likeness (QED) is 0.0160. The summed E-state index contributed by atoms with van der Waals surface area (Å²) in [7, 11) is 0. The zero-order valence-corrected chi connectivity index (χ0v) is 62.1. The molecule has 0 spiro atoms. The smallest absolute Gasteiger partial charge is 0.407 e. The van der Waals surface area contributed by atoms with Crippen LogP contribution >= 0.6 is 0 Å². The van der Waals surface area contributed by atoms with Gasteiger partial charge in [0.25, 0.3) is 0 Å². The molecule has 3 aliphatic rings. The maximum atomic E-state index is 14.1. The highest BCUT2D eigenvalue weighted by Crippen LogP contribution is 2.35. The first kappa shape index (κ1) is 90.9. The van der Waals surface area contributed by atoms with E-state index in [2.05, 4.69) is 26.7 Å². The fourth-order valence-corrected chi connectivity index (χ4v) is 12.0. The molecule has 9 N–H and O–H groups in total. The molecule has 0 aromatic heterocycles. The first-order chi connectivity index (χ1) is 51.1. The third-order valence-electron chi connectivity index (χ3n) is 17.1. The van der Waals surface area contributed by atoms with Gasteiger partial charge in [0.05, 0.1) is 71.1 Å². The van der Waals surface area contributed by atoms with Crippen molar-refractivity contribution in [3.05, 3.63) is 35.9 Å². The van der Waals surface area contributed by atoms with Gasteiger partial charge in [0.2, 0.25) is 17.7 Å². The highest BCUT2D eigenvalue weighted by atomic mass is 16.8. The molecule has 1 unspecified atom stereocenters. The Labute approximate surface area is 620 Å². The number of amides is 6. The van der Waals surface area contributed by atoms with E-state index in [9.17, 15) is 62.3 Å². The fraction of sp³-hybridized carbons (Fsp3) is 0.725. The van der Waals surface area contributed by atoms with E-state index < -0.39 is 158 Å². The van der Waals surface area contributed by atoms with Gasteiger partial charge in [0.1, 0.15) is 25.1 Å². The Morgan fingerprint density at radius 2 is 0.953 bits per heavy atom. The molecule has 0 aliphatic carbocycles. The highest BCUT2D eigenvalue weighted by molar-refractivity contribution is 5.81. The second-order valence-electron chi connectivity index (χ2n) is 25.3. The first-order valence-electron chi connectivity index (χ1n) is 35.5. The monoisotopic (exact) mass is 1530 g/mol. The molecule has 3 heterocycles. The Balaban J connectivity index is 1.46. The van der Waals surface area contributed by atoms with Crippen molar-refractivity contribution in [1.82, 2.24) is 26.7 Å². The average molecular weight is 1530 g/mol. The maximum Gasteiger partial charge on any atom is 0.407 e. The van der Waals surface area contributed by atoms with Crippen LogP contribution in [0, 0.1) is 11.8 Å². The average Bonchev–Trinajstić information content (AvgIpc) is 0.795. The summed E-state index contributed by atoms with van der Waals surface area (Å²) in [5.41, 5.74) is 12.6. The van der Waals surface area contributed by atoms with E-state index in [4.69, 9.17) is 96.8 Å². The molecule has 1 aromatic rings. The summed E-state index contributed by atoms with van der Waals surface area (Å²) in [4.78, 5) is 168. The lowest BCUT2D eigenvalue weighted by Crippen LogP contribution is -2.63. The lowest BCUT2D eigenvalue weighted by Gasteiger charge is -2.44. The minimum Gasteiger partial charge on any atom is -0.463 e. The van der Waals surface area contributed by atoms with E-state index in [1.165, 1.54) is 13.8 Å². The molecule has 0 saturated carbocycles. The number of hydroxylamine groups is 1. The van der Waals surface area contributed by atoms with Crippen LogP contribution in [0.1, 0.15) is 139 Å². The Hall–Kier alpha value is -8.47. The molecule has 107 heavy (non-hydrogen) atoms. The number of benzene rings is 1. The predicted octanol–water partition coefficient (Wildman–Crippen LogP) is 1.71. The van der Waals surface area contributed by atoms with Gasteiger partial charge in [-0.3, -0.25) is 47.9 Å². The van der Waals surface area contributed by atoms with Crippen LogP contribution in [0.5, 0.6) is 0 Å². The molecule has 0 bridgehead atoms. The third-order valence-corrected chi connectivity index (χ3v) is 17.1. The maximum absolute atomic E-state index is 14.1. The fourth-order valence-electron chi connectivity index (χ4n) is 12.0. The second kappa shape index (κ2) is 49.5. The van der Waals surface area contributed by atoms with Crippen molar-refractivity contribution in [1.29, 1.82) is 0 Å². The van der Waals surface area contributed by atoms with Gasteiger partial charge in [-0.2, -0.15) is 0 Å². The van der Waals surface area contributed by atoms with Gasteiger partial charge in [-0.25, -0.2) is 14.4 Å². The molecule has 3 aliphatic heterocycles. The molecule has 38 heteroatoms. The number of nitrogens with one attached hydrogen (secondary N) is 5. The predicted molar refractivity (Wildman–Crippen MR) is 365 cm³/mol. The number of alkyl carbamates (subject to hydrolysis) is 1. The van der Waals surface area contributed by atoms with Gasteiger partial charge >= 0.3 is 54.6 Å². The summed E-state index contributed by atoms with van der Waals surface area (Å²) < 4.78 is 95.8. The molecular formula is C69H107N7O31. The summed E-state index contributed by atoms with van der Waals surface area (Å²) in [6, 6.07) is 8.21. The van der Waals surface area contributed by atoms with Crippen LogP contribution in [-0.4, -0.2) is 249 Å². The molecule has 1 aromatic carbocycles. The number of carbonyl (C=O) groups excluding carboxylic acids is 13.